The number of nitrogens with zero attached hydrogens (tertiary/aromatic N) is 4. The fraction of sp³-hybridized carbons (Fsp3) is 0.0204. The molecule has 8 aromatic carbocycles. The van der Waals surface area contributed by atoms with Crippen LogP contribution in [0.25, 0.3) is 66.0 Å². The number of amidine groups is 2. The Morgan fingerprint density at radius 3 is 1.83 bits per heavy atom. The third-order valence-electron chi connectivity index (χ3n) is 10.7. The third-order valence-corrected chi connectivity index (χ3v) is 10.7. The lowest BCUT2D eigenvalue weighted by Crippen LogP contribution is -2.33. The number of hydrogen-bond donors (Lipinski definition) is 1. The molecule has 0 radical (unpaired) electrons. The highest BCUT2D eigenvalue weighted by atomic mass is 15.2. The number of para-hydroxylation sites is 1. The van der Waals surface area contributed by atoms with Gasteiger partial charge in [0, 0.05) is 50.2 Å². The van der Waals surface area contributed by atoms with E-state index in [2.05, 4.69) is 178 Å². The van der Waals surface area contributed by atoms with Crippen molar-refractivity contribution in [3.8, 4) is 22.5 Å². The monoisotopic (exact) mass is 691 g/mol. The Morgan fingerprint density at radius 2 is 1.06 bits per heavy atom. The summed E-state index contributed by atoms with van der Waals surface area (Å²) in [4.78, 5) is 10.2. The highest BCUT2D eigenvalue weighted by Gasteiger charge is 2.23. The molecular weight excluding hydrogens is 659 g/mol. The molecule has 1 aliphatic rings. The van der Waals surface area contributed by atoms with Crippen LogP contribution in [0.1, 0.15) is 22.9 Å². The minimum atomic E-state index is -0.250. The van der Waals surface area contributed by atoms with Crippen molar-refractivity contribution >= 4 is 55.2 Å². The Morgan fingerprint density at radius 1 is 0.463 bits per heavy atom. The second-order valence-electron chi connectivity index (χ2n) is 13.9. The van der Waals surface area contributed by atoms with Gasteiger partial charge in [-0.15, -0.1) is 0 Å². The van der Waals surface area contributed by atoms with Gasteiger partial charge in [-0.3, -0.25) is 0 Å². The zero-order valence-corrected chi connectivity index (χ0v) is 29.3. The first kappa shape index (κ1) is 30.4. The molecule has 10 aromatic rings. The summed E-state index contributed by atoms with van der Waals surface area (Å²) in [6.45, 7) is 0. The zero-order valence-electron chi connectivity index (χ0n) is 29.3. The van der Waals surface area contributed by atoms with E-state index in [9.17, 15) is 0 Å². The van der Waals surface area contributed by atoms with Crippen molar-refractivity contribution in [2.45, 2.75) is 6.17 Å². The summed E-state index contributed by atoms with van der Waals surface area (Å²) in [5.74, 6) is 1.52. The molecule has 2 aromatic heterocycles. The van der Waals surface area contributed by atoms with Crippen molar-refractivity contribution in [2.24, 2.45) is 9.98 Å². The van der Waals surface area contributed by atoms with Crippen LogP contribution in [-0.2, 0) is 0 Å². The van der Waals surface area contributed by atoms with Crippen LogP contribution >= 0.6 is 0 Å². The van der Waals surface area contributed by atoms with Gasteiger partial charge >= 0.3 is 0 Å². The third kappa shape index (κ3) is 4.79. The summed E-state index contributed by atoms with van der Waals surface area (Å²) in [6.07, 6.45) is 1.96. The molecule has 1 unspecified atom stereocenters. The average Bonchev–Trinajstić information content (AvgIpc) is 3.86. The zero-order chi connectivity index (χ0) is 35.6. The van der Waals surface area contributed by atoms with Crippen LogP contribution in [0.5, 0.6) is 0 Å². The quantitative estimate of drug-likeness (QED) is 0.173. The molecule has 5 heteroatoms. The van der Waals surface area contributed by atoms with Gasteiger partial charge in [-0.25, -0.2) is 9.98 Å². The van der Waals surface area contributed by atoms with Gasteiger partial charge in [0.1, 0.15) is 12.0 Å². The Hall–Kier alpha value is -7.24. The molecule has 54 heavy (non-hydrogen) atoms. The molecule has 0 amide bonds. The average molecular weight is 692 g/mol. The molecule has 0 aliphatic carbocycles. The van der Waals surface area contributed by atoms with Crippen molar-refractivity contribution in [3.05, 3.63) is 205 Å². The normalized spacial score (nSPS) is 14.5. The molecule has 1 N–H and O–H groups in total. The summed E-state index contributed by atoms with van der Waals surface area (Å²) in [5, 5.41) is 9.97. The second-order valence-corrected chi connectivity index (χ2v) is 13.9. The maximum atomic E-state index is 5.13. The number of aliphatic imine (C=N–C) groups is 2. The van der Waals surface area contributed by atoms with E-state index in [0.29, 0.717) is 5.84 Å². The van der Waals surface area contributed by atoms with E-state index in [1.54, 1.807) is 0 Å². The summed E-state index contributed by atoms with van der Waals surface area (Å²) >= 11 is 0. The highest BCUT2D eigenvalue weighted by molar-refractivity contribution is 6.34. The Bertz CT molecular complexity index is 3060. The van der Waals surface area contributed by atoms with E-state index >= 15 is 0 Å². The van der Waals surface area contributed by atoms with Crippen LogP contribution < -0.4 is 5.32 Å². The number of hydrogen-bond acceptors (Lipinski definition) is 3. The van der Waals surface area contributed by atoms with Crippen LogP contribution in [0.15, 0.2) is 198 Å². The largest absolute Gasteiger partial charge is 0.344 e. The molecule has 0 spiro atoms. The topological polar surface area (TPSA) is 46.6 Å². The van der Waals surface area contributed by atoms with E-state index in [0.717, 1.165) is 45.0 Å². The lowest BCUT2D eigenvalue weighted by molar-refractivity contribution is 0.674. The SMILES string of the molecule is c1ccc(C2=NC(c3cccc(-c4cccc(-n5c6cccc7c8ccn(-c9ccccc9)c8c8cccc5c8c76)c4)c3)=NC(c3ccccc3)N2)cc1. The Kier molecular flexibility index (Phi) is 6.85. The maximum absolute atomic E-state index is 5.13. The molecular formula is C49H33N5. The number of fused-ring (bicyclic) bond motifs is 3. The summed E-state index contributed by atoms with van der Waals surface area (Å²) in [7, 11) is 0. The van der Waals surface area contributed by atoms with Gasteiger partial charge < -0.3 is 14.5 Å². The molecule has 1 aliphatic heterocycles. The van der Waals surface area contributed by atoms with Gasteiger partial charge in [-0.1, -0.05) is 133 Å². The number of rotatable bonds is 6. The van der Waals surface area contributed by atoms with Crippen LogP contribution in [0.4, 0.5) is 0 Å². The second kappa shape index (κ2) is 12.2. The Balaban J connectivity index is 1.05. The van der Waals surface area contributed by atoms with E-state index in [1.165, 1.54) is 43.5 Å². The minimum absolute atomic E-state index is 0.250. The molecule has 0 fully saturated rings. The molecule has 0 saturated carbocycles. The Labute approximate surface area is 312 Å². The molecule has 5 nitrogen and oxygen atoms in total. The molecule has 0 saturated heterocycles. The number of benzene rings is 8. The van der Waals surface area contributed by atoms with Gasteiger partial charge in [-0.05, 0) is 70.6 Å². The van der Waals surface area contributed by atoms with Crippen molar-refractivity contribution in [2.75, 3.05) is 0 Å². The number of nitrogens with one attached hydrogen (secondary N) is 1. The standard InChI is InChI=1S/C49H33N5/c1-4-14-32(15-5-1)47-50-48(33-16-6-2-7-17-33)52-49(51-47)36-20-10-18-34(30-36)35-19-11-23-38(31-35)54-42-26-12-24-39-40-28-29-53(37-21-8-3-9-22-37)46(40)41-25-13-27-43(54)45(41)44(39)42/h1-31,47H,(H,50,51,52). The lowest BCUT2D eigenvalue weighted by atomic mass is 9.98. The van der Waals surface area contributed by atoms with Crippen LogP contribution in [-0.4, -0.2) is 20.8 Å². The van der Waals surface area contributed by atoms with Gasteiger partial charge in [0.2, 0.25) is 0 Å². The molecule has 0 bridgehead atoms. The van der Waals surface area contributed by atoms with Crippen molar-refractivity contribution in [1.82, 2.24) is 14.5 Å². The summed E-state index contributed by atoms with van der Waals surface area (Å²) in [5.41, 5.74) is 11.3. The fourth-order valence-corrected chi connectivity index (χ4v) is 8.33. The van der Waals surface area contributed by atoms with Crippen molar-refractivity contribution < 1.29 is 0 Å². The van der Waals surface area contributed by atoms with Gasteiger partial charge in [0.25, 0.3) is 0 Å². The highest BCUT2D eigenvalue weighted by Crippen LogP contribution is 2.44. The number of aromatic nitrogens is 2. The lowest BCUT2D eigenvalue weighted by Gasteiger charge is -2.23. The fourth-order valence-electron chi connectivity index (χ4n) is 8.33. The maximum Gasteiger partial charge on any atom is 0.159 e. The van der Waals surface area contributed by atoms with Crippen LogP contribution in [0.2, 0.25) is 0 Å². The minimum Gasteiger partial charge on any atom is -0.344 e. The first-order valence-electron chi connectivity index (χ1n) is 18.4. The first-order chi connectivity index (χ1) is 26.8. The van der Waals surface area contributed by atoms with Gasteiger partial charge in [0.15, 0.2) is 5.84 Å². The first-order valence-corrected chi connectivity index (χ1v) is 18.4. The molecule has 11 rings (SSSR count). The predicted octanol–water partition coefficient (Wildman–Crippen LogP) is 11.5. The van der Waals surface area contributed by atoms with Crippen molar-refractivity contribution in [1.29, 1.82) is 0 Å². The molecule has 3 heterocycles. The molecule has 254 valence electrons. The van der Waals surface area contributed by atoms with E-state index in [-0.39, 0.29) is 6.17 Å². The van der Waals surface area contributed by atoms with Crippen LogP contribution in [0.3, 0.4) is 0 Å². The molecule has 1 atom stereocenters. The van der Waals surface area contributed by atoms with E-state index in [1.807, 2.05) is 24.3 Å². The van der Waals surface area contributed by atoms with Gasteiger partial charge in [0.05, 0.1) is 16.6 Å². The van der Waals surface area contributed by atoms with Gasteiger partial charge in [-0.2, -0.15) is 0 Å². The van der Waals surface area contributed by atoms with Crippen LogP contribution in [0, 0.1) is 0 Å². The summed E-state index contributed by atoms with van der Waals surface area (Å²) < 4.78 is 4.76. The smallest absolute Gasteiger partial charge is 0.159 e. The summed E-state index contributed by atoms with van der Waals surface area (Å²) in [6, 6.07) is 64.5. The van der Waals surface area contributed by atoms with Crippen molar-refractivity contribution in [3.63, 3.8) is 0 Å². The van der Waals surface area contributed by atoms with E-state index < -0.39 is 0 Å². The van der Waals surface area contributed by atoms with E-state index in [4.69, 9.17) is 9.98 Å². The predicted molar refractivity (Wildman–Crippen MR) is 224 cm³/mol.